The Morgan fingerprint density at radius 1 is 1.05 bits per heavy atom. The van der Waals surface area contributed by atoms with Gasteiger partial charge in [-0.15, -0.1) is 13.2 Å². The Bertz CT molecular complexity index is 1550. The van der Waals surface area contributed by atoms with E-state index in [1.807, 2.05) is 6.07 Å². The molecule has 0 aliphatic carbocycles. The molecule has 3 aromatic carbocycles. The number of hydrogen-bond donors (Lipinski definition) is 3. The van der Waals surface area contributed by atoms with E-state index in [4.69, 9.17) is 0 Å². The van der Waals surface area contributed by atoms with Crippen LogP contribution in [-0.2, 0) is 20.8 Å². The number of halogens is 3. The molecule has 0 spiro atoms. The summed E-state index contributed by atoms with van der Waals surface area (Å²) in [5, 5.41) is 27.7. The number of anilines is 1. The second kappa shape index (κ2) is 11.4. The second-order valence-corrected chi connectivity index (χ2v) is 10.2. The quantitative estimate of drug-likeness (QED) is 0.179. The number of nitrogens with one attached hydrogen (secondary N) is 2. The minimum atomic E-state index is -4.99. The Kier molecular flexibility index (Phi) is 7.80. The number of amides is 2. The number of benzene rings is 3. The lowest BCUT2D eigenvalue weighted by atomic mass is 9.76. The van der Waals surface area contributed by atoms with Crippen LogP contribution in [0.2, 0.25) is 0 Å². The third-order valence-electron chi connectivity index (χ3n) is 7.65. The predicted octanol–water partition coefficient (Wildman–Crippen LogP) is 3.92. The number of nitro benzene ring substituents is 1. The van der Waals surface area contributed by atoms with Gasteiger partial charge in [-0.25, -0.2) is 0 Å². The normalized spacial score (nSPS) is 23.2. The molecule has 0 saturated carbocycles. The first-order valence-electron chi connectivity index (χ1n) is 13.1. The van der Waals surface area contributed by atoms with E-state index >= 15 is 0 Å². The Labute approximate surface area is 242 Å². The Hall–Kier alpha value is -4.98. The smallest absolute Gasteiger partial charge is 0.480 e. The van der Waals surface area contributed by atoms with E-state index in [0.29, 0.717) is 5.56 Å². The molecule has 0 bridgehead atoms. The summed E-state index contributed by atoms with van der Waals surface area (Å²) in [4.78, 5) is 52.1. The molecule has 4 atom stereocenters. The predicted molar refractivity (Wildman–Crippen MR) is 145 cm³/mol. The van der Waals surface area contributed by atoms with Crippen LogP contribution in [0.3, 0.4) is 0 Å². The zero-order valence-electron chi connectivity index (χ0n) is 22.3. The maximum Gasteiger partial charge on any atom is 0.573 e. The lowest BCUT2D eigenvalue weighted by Gasteiger charge is -2.31. The molecule has 4 unspecified atom stereocenters. The van der Waals surface area contributed by atoms with Crippen LogP contribution < -0.4 is 15.4 Å². The minimum absolute atomic E-state index is 0.0866. The SMILES string of the molecule is O=C1C2C(c3cccc(OC(F)(F)F)c3)NC(Cc3ccc([N+](=O)[O-])cc3)(C(=O)O)C2C(=O)N1CCNc1ccccc1. The van der Waals surface area contributed by atoms with Gasteiger partial charge in [-0.2, -0.15) is 0 Å². The van der Waals surface area contributed by atoms with Crippen molar-refractivity contribution in [3.8, 4) is 5.75 Å². The second-order valence-electron chi connectivity index (χ2n) is 10.2. The minimum Gasteiger partial charge on any atom is -0.480 e. The highest BCUT2D eigenvalue weighted by molar-refractivity contribution is 6.09. The number of carbonyl (C=O) groups is 3. The molecule has 3 aromatic rings. The van der Waals surface area contributed by atoms with Crippen LogP contribution in [0.1, 0.15) is 17.2 Å². The number of nitro groups is 1. The third-order valence-corrected chi connectivity index (χ3v) is 7.65. The standard InChI is InChI=1S/C29H25F3N4O7/c30-29(31,32)43-21-8-4-5-18(15-21)24-22-23(26(38)35(25(22)37)14-13-33-19-6-2-1-3-7-19)28(34-24,27(39)40)16-17-9-11-20(12-10-17)36(41)42/h1-12,15,22-24,33-34H,13-14,16H2,(H,39,40). The number of para-hydroxylation sites is 1. The maximum atomic E-state index is 13.8. The van der Waals surface area contributed by atoms with Crippen molar-refractivity contribution in [2.45, 2.75) is 24.4 Å². The molecule has 0 aromatic heterocycles. The largest absolute Gasteiger partial charge is 0.573 e. The van der Waals surface area contributed by atoms with Gasteiger partial charge in [0.25, 0.3) is 5.69 Å². The van der Waals surface area contributed by atoms with Crippen molar-refractivity contribution in [2.24, 2.45) is 11.8 Å². The van der Waals surface area contributed by atoms with Crippen molar-refractivity contribution in [1.29, 1.82) is 0 Å². The number of alkyl halides is 3. The fraction of sp³-hybridized carbons (Fsp3) is 0.276. The van der Waals surface area contributed by atoms with Gasteiger partial charge in [0, 0.05) is 43.4 Å². The van der Waals surface area contributed by atoms with Gasteiger partial charge in [-0.1, -0.05) is 42.5 Å². The van der Waals surface area contributed by atoms with Crippen LogP contribution in [0.15, 0.2) is 78.9 Å². The number of carboxylic acid groups (broad SMARTS) is 1. The van der Waals surface area contributed by atoms with E-state index < -0.39 is 58.2 Å². The number of non-ortho nitro benzene ring substituents is 1. The van der Waals surface area contributed by atoms with E-state index in [2.05, 4.69) is 15.4 Å². The summed E-state index contributed by atoms with van der Waals surface area (Å²) in [7, 11) is 0. The molecular formula is C29H25F3N4O7. The number of ether oxygens (including phenoxy) is 1. The van der Waals surface area contributed by atoms with Gasteiger partial charge in [0.05, 0.1) is 16.8 Å². The van der Waals surface area contributed by atoms with Crippen LogP contribution in [0.4, 0.5) is 24.5 Å². The fourth-order valence-electron chi connectivity index (χ4n) is 5.84. The first-order valence-corrected chi connectivity index (χ1v) is 13.1. The average Bonchev–Trinajstić information content (AvgIpc) is 3.43. The summed E-state index contributed by atoms with van der Waals surface area (Å²) in [6, 6.07) is 17.7. The highest BCUT2D eigenvalue weighted by Gasteiger charge is 2.68. The van der Waals surface area contributed by atoms with Crippen molar-refractivity contribution in [2.75, 3.05) is 18.4 Å². The molecule has 224 valence electrons. The van der Waals surface area contributed by atoms with Crippen molar-refractivity contribution in [3.05, 3.63) is 100 Å². The lowest BCUT2D eigenvalue weighted by Crippen LogP contribution is -2.57. The Balaban J connectivity index is 1.51. The van der Waals surface area contributed by atoms with Crippen molar-refractivity contribution < 1.29 is 42.3 Å². The Morgan fingerprint density at radius 2 is 1.74 bits per heavy atom. The number of carbonyl (C=O) groups excluding carboxylic acids is 2. The fourth-order valence-corrected chi connectivity index (χ4v) is 5.84. The van der Waals surface area contributed by atoms with Crippen LogP contribution >= 0.6 is 0 Å². The highest BCUT2D eigenvalue weighted by Crippen LogP contribution is 2.50. The van der Waals surface area contributed by atoms with Crippen LogP contribution in [-0.4, -0.2) is 57.7 Å². The van der Waals surface area contributed by atoms with Gasteiger partial charge in [0.15, 0.2) is 0 Å². The zero-order valence-corrected chi connectivity index (χ0v) is 22.3. The van der Waals surface area contributed by atoms with E-state index in [1.54, 1.807) is 24.3 Å². The molecule has 2 saturated heterocycles. The first-order chi connectivity index (χ1) is 20.4. The van der Waals surface area contributed by atoms with Gasteiger partial charge in [-0.3, -0.25) is 34.7 Å². The van der Waals surface area contributed by atoms with Crippen LogP contribution in [0.25, 0.3) is 0 Å². The number of nitrogens with zero attached hydrogens (tertiary/aromatic N) is 2. The Morgan fingerprint density at radius 3 is 2.37 bits per heavy atom. The first kappa shape index (κ1) is 29.5. The van der Waals surface area contributed by atoms with Gasteiger partial charge in [0.1, 0.15) is 11.3 Å². The topological polar surface area (TPSA) is 151 Å². The summed E-state index contributed by atoms with van der Waals surface area (Å²) in [5.74, 6) is -6.15. The maximum absolute atomic E-state index is 13.8. The number of aliphatic carboxylic acids is 1. The summed E-state index contributed by atoms with van der Waals surface area (Å²) >= 11 is 0. The summed E-state index contributed by atoms with van der Waals surface area (Å²) in [6.45, 7) is 0.0765. The zero-order chi connectivity index (χ0) is 30.9. The van der Waals surface area contributed by atoms with Gasteiger partial charge >= 0.3 is 12.3 Å². The van der Waals surface area contributed by atoms with E-state index in [1.165, 1.54) is 36.4 Å². The molecule has 2 amide bonds. The van der Waals surface area contributed by atoms with E-state index in [-0.39, 0.29) is 30.8 Å². The molecule has 11 nitrogen and oxygen atoms in total. The molecule has 5 rings (SSSR count). The van der Waals surface area contributed by atoms with Crippen molar-refractivity contribution in [1.82, 2.24) is 10.2 Å². The third kappa shape index (κ3) is 5.86. The van der Waals surface area contributed by atoms with Crippen LogP contribution in [0.5, 0.6) is 5.75 Å². The molecule has 0 radical (unpaired) electrons. The molecule has 2 aliphatic rings. The number of fused-ring (bicyclic) bond motifs is 1. The average molecular weight is 599 g/mol. The number of rotatable bonds is 10. The van der Waals surface area contributed by atoms with Gasteiger partial charge < -0.3 is 15.2 Å². The monoisotopic (exact) mass is 598 g/mol. The molecular weight excluding hydrogens is 573 g/mol. The summed E-state index contributed by atoms with van der Waals surface area (Å²) in [5.41, 5.74) is -1.11. The van der Waals surface area contributed by atoms with Crippen molar-refractivity contribution in [3.63, 3.8) is 0 Å². The van der Waals surface area contributed by atoms with Crippen molar-refractivity contribution >= 4 is 29.2 Å². The molecule has 3 N–H and O–H groups in total. The molecule has 2 fully saturated rings. The number of hydrogen-bond acceptors (Lipinski definition) is 8. The highest BCUT2D eigenvalue weighted by atomic mass is 19.4. The molecule has 43 heavy (non-hydrogen) atoms. The summed E-state index contributed by atoms with van der Waals surface area (Å²) < 4.78 is 42.9. The summed E-state index contributed by atoms with van der Waals surface area (Å²) in [6.07, 6.45) is -5.33. The molecule has 14 heteroatoms. The number of imide groups is 1. The number of carboxylic acids is 1. The van der Waals surface area contributed by atoms with Gasteiger partial charge in [0.2, 0.25) is 11.8 Å². The van der Waals surface area contributed by atoms with Gasteiger partial charge in [-0.05, 0) is 35.4 Å². The van der Waals surface area contributed by atoms with E-state index in [0.717, 1.165) is 22.7 Å². The molecule has 2 aliphatic heterocycles. The number of likely N-dealkylation sites (tertiary alicyclic amines) is 1. The van der Waals surface area contributed by atoms with Crippen LogP contribution in [0, 0.1) is 22.0 Å². The van der Waals surface area contributed by atoms with E-state index in [9.17, 15) is 42.8 Å². The molecule has 2 heterocycles. The lowest BCUT2D eigenvalue weighted by molar-refractivity contribution is -0.384.